The van der Waals surface area contributed by atoms with E-state index in [1.54, 1.807) is 13.3 Å². The Balaban J connectivity index is 1.43. The molecule has 1 unspecified atom stereocenters. The summed E-state index contributed by atoms with van der Waals surface area (Å²) in [5.41, 5.74) is 2.43. The molecule has 0 spiro atoms. The molecule has 0 bridgehead atoms. The van der Waals surface area contributed by atoms with E-state index in [1.165, 1.54) is 11.3 Å². The van der Waals surface area contributed by atoms with Crippen molar-refractivity contribution in [2.24, 2.45) is 0 Å². The molecule has 158 valence electrons. The molecule has 7 nitrogen and oxygen atoms in total. The number of pyridine rings is 1. The summed E-state index contributed by atoms with van der Waals surface area (Å²) >= 11 is 1.38. The fraction of sp³-hybridized carbons (Fsp3) is 0.304. The Kier molecular flexibility index (Phi) is 6.26. The Morgan fingerprint density at radius 1 is 1.16 bits per heavy atom. The van der Waals surface area contributed by atoms with Crippen molar-refractivity contribution in [2.75, 3.05) is 33.3 Å². The van der Waals surface area contributed by atoms with Gasteiger partial charge in [-0.3, -0.25) is 14.7 Å². The molecule has 1 saturated heterocycles. The van der Waals surface area contributed by atoms with Crippen LogP contribution < -0.4 is 4.74 Å². The third kappa shape index (κ3) is 4.43. The molecule has 2 aromatic heterocycles. The lowest BCUT2D eigenvalue weighted by molar-refractivity contribution is 0.0610. The molecule has 8 heteroatoms. The third-order valence-electron chi connectivity index (χ3n) is 5.40. The van der Waals surface area contributed by atoms with E-state index in [2.05, 4.69) is 20.9 Å². The van der Waals surface area contributed by atoms with E-state index in [0.29, 0.717) is 31.1 Å². The molecular weight excluding hydrogens is 410 g/mol. The van der Waals surface area contributed by atoms with Crippen LogP contribution in [0.15, 0.2) is 48.7 Å². The van der Waals surface area contributed by atoms with Crippen molar-refractivity contribution in [3.63, 3.8) is 0 Å². The lowest BCUT2D eigenvalue weighted by Crippen LogP contribution is -2.49. The molecule has 3 heterocycles. The summed E-state index contributed by atoms with van der Waals surface area (Å²) in [7, 11) is 1.62. The second kappa shape index (κ2) is 9.25. The van der Waals surface area contributed by atoms with Crippen molar-refractivity contribution in [1.29, 1.82) is 5.26 Å². The summed E-state index contributed by atoms with van der Waals surface area (Å²) in [6, 6.07) is 15.3. The highest BCUT2D eigenvalue weighted by atomic mass is 32.1. The predicted octanol–water partition coefficient (Wildman–Crippen LogP) is 3.54. The van der Waals surface area contributed by atoms with E-state index < -0.39 is 0 Å². The molecular formula is C23H23N5O2S. The van der Waals surface area contributed by atoms with Gasteiger partial charge in [0.25, 0.3) is 5.91 Å². The van der Waals surface area contributed by atoms with Gasteiger partial charge in [-0.15, -0.1) is 11.3 Å². The summed E-state index contributed by atoms with van der Waals surface area (Å²) in [5, 5.41) is 10.5. The van der Waals surface area contributed by atoms with Crippen LogP contribution in [-0.4, -0.2) is 59.0 Å². The second-order valence-electron chi connectivity index (χ2n) is 7.28. The molecule has 1 aromatic carbocycles. The lowest BCUT2D eigenvalue weighted by Gasteiger charge is -2.36. The molecule has 31 heavy (non-hydrogen) atoms. The molecule has 0 aliphatic carbocycles. The van der Waals surface area contributed by atoms with Crippen LogP contribution >= 0.6 is 11.3 Å². The number of aryl methyl sites for hydroxylation is 1. The van der Waals surface area contributed by atoms with Gasteiger partial charge in [-0.1, -0.05) is 18.2 Å². The third-order valence-corrected chi connectivity index (χ3v) is 6.56. The number of nitriles is 1. The highest BCUT2D eigenvalue weighted by Crippen LogP contribution is 2.29. The Labute approximate surface area is 185 Å². The topological polar surface area (TPSA) is 82.4 Å². The molecule has 4 rings (SSSR count). The van der Waals surface area contributed by atoms with E-state index >= 15 is 0 Å². The molecule has 0 N–H and O–H groups in total. The average molecular weight is 434 g/mol. The molecule has 1 aliphatic heterocycles. The zero-order valence-electron chi connectivity index (χ0n) is 17.5. The summed E-state index contributed by atoms with van der Waals surface area (Å²) in [4.78, 5) is 26.6. The summed E-state index contributed by atoms with van der Waals surface area (Å²) in [5.74, 6) is 0.760. The molecule has 1 amide bonds. The van der Waals surface area contributed by atoms with Crippen molar-refractivity contribution in [3.8, 4) is 22.5 Å². The predicted molar refractivity (Wildman–Crippen MR) is 119 cm³/mol. The number of aromatic nitrogens is 2. The molecule has 1 fully saturated rings. The van der Waals surface area contributed by atoms with Crippen LogP contribution in [0.25, 0.3) is 10.7 Å². The number of rotatable bonds is 5. The maximum atomic E-state index is 13.1. The number of carbonyl (C=O) groups excluding carboxylic acids is 1. The van der Waals surface area contributed by atoms with E-state index in [-0.39, 0.29) is 11.9 Å². The van der Waals surface area contributed by atoms with E-state index in [1.807, 2.05) is 54.3 Å². The number of carbonyl (C=O) groups is 1. The van der Waals surface area contributed by atoms with E-state index in [9.17, 15) is 10.1 Å². The number of methoxy groups -OCH3 is 1. The normalized spacial score (nSPS) is 15.3. The van der Waals surface area contributed by atoms with E-state index in [0.717, 1.165) is 27.7 Å². The maximum Gasteiger partial charge on any atom is 0.265 e. The highest BCUT2D eigenvalue weighted by Gasteiger charge is 2.29. The Morgan fingerprint density at radius 2 is 1.90 bits per heavy atom. The SMILES string of the molecule is COc1ccc(C(C#N)N2CCN(C(=O)c3sc(-c4ccccn4)nc3C)CC2)cc1. The first kappa shape index (κ1) is 21.0. The van der Waals surface area contributed by atoms with Crippen molar-refractivity contribution in [3.05, 3.63) is 64.8 Å². The first-order valence-electron chi connectivity index (χ1n) is 10.1. The largest absolute Gasteiger partial charge is 0.497 e. The first-order chi connectivity index (χ1) is 15.1. The van der Waals surface area contributed by atoms with Gasteiger partial charge in [0.1, 0.15) is 21.7 Å². The quantitative estimate of drug-likeness (QED) is 0.612. The number of piperazine rings is 1. The minimum absolute atomic E-state index is 0.00483. The van der Waals surface area contributed by atoms with Crippen molar-refractivity contribution < 1.29 is 9.53 Å². The number of thiazole rings is 1. The fourth-order valence-corrected chi connectivity index (χ4v) is 4.68. The van der Waals surface area contributed by atoms with Gasteiger partial charge in [-0.05, 0) is 36.8 Å². The van der Waals surface area contributed by atoms with Crippen LogP contribution in [0.4, 0.5) is 0 Å². The van der Waals surface area contributed by atoms with Crippen LogP contribution in [0, 0.1) is 18.3 Å². The molecule has 1 atom stereocenters. The molecule has 0 radical (unpaired) electrons. The van der Waals surface area contributed by atoms with Gasteiger partial charge in [0.05, 0.1) is 24.6 Å². The Hall–Kier alpha value is -3.28. The lowest BCUT2D eigenvalue weighted by atomic mass is 10.1. The van der Waals surface area contributed by atoms with Gasteiger partial charge >= 0.3 is 0 Å². The van der Waals surface area contributed by atoms with Crippen molar-refractivity contribution >= 4 is 17.2 Å². The second-order valence-corrected chi connectivity index (χ2v) is 8.28. The van der Waals surface area contributed by atoms with Crippen LogP contribution in [0.5, 0.6) is 5.75 Å². The number of benzene rings is 1. The summed E-state index contributed by atoms with van der Waals surface area (Å²) in [6.45, 7) is 4.29. The molecule has 3 aromatic rings. The minimum atomic E-state index is -0.343. The number of hydrogen-bond donors (Lipinski definition) is 0. The van der Waals surface area contributed by atoms with Gasteiger partial charge in [0.15, 0.2) is 0 Å². The first-order valence-corrected chi connectivity index (χ1v) is 10.9. The van der Waals surface area contributed by atoms with Crippen LogP contribution in [-0.2, 0) is 0 Å². The minimum Gasteiger partial charge on any atom is -0.497 e. The zero-order valence-corrected chi connectivity index (χ0v) is 18.3. The van der Waals surface area contributed by atoms with Gasteiger partial charge in [-0.25, -0.2) is 4.98 Å². The Morgan fingerprint density at radius 3 is 2.52 bits per heavy atom. The molecule has 0 saturated carbocycles. The van der Waals surface area contributed by atoms with Crippen LogP contribution in [0.2, 0.25) is 0 Å². The van der Waals surface area contributed by atoms with Crippen LogP contribution in [0.3, 0.4) is 0 Å². The Bertz CT molecular complexity index is 1080. The van der Waals surface area contributed by atoms with E-state index in [4.69, 9.17) is 4.74 Å². The summed E-state index contributed by atoms with van der Waals surface area (Å²) < 4.78 is 5.20. The van der Waals surface area contributed by atoms with Crippen molar-refractivity contribution in [2.45, 2.75) is 13.0 Å². The monoisotopic (exact) mass is 433 g/mol. The van der Waals surface area contributed by atoms with Gasteiger partial charge in [0, 0.05) is 32.4 Å². The number of hydrogen-bond acceptors (Lipinski definition) is 7. The fourth-order valence-electron chi connectivity index (χ4n) is 3.67. The van der Waals surface area contributed by atoms with Crippen LogP contribution in [0.1, 0.15) is 27.0 Å². The standard InChI is InChI=1S/C23H23N5O2S/c1-16-21(31-22(26-16)19-5-3-4-10-25-19)23(29)28-13-11-27(12-14-28)20(15-24)17-6-8-18(30-2)9-7-17/h3-10,20H,11-14H2,1-2H3. The maximum absolute atomic E-state index is 13.1. The average Bonchev–Trinajstić information content (AvgIpc) is 3.22. The summed E-state index contributed by atoms with van der Waals surface area (Å²) in [6.07, 6.45) is 1.72. The number of nitrogens with zero attached hydrogens (tertiary/aromatic N) is 5. The van der Waals surface area contributed by atoms with Crippen molar-refractivity contribution in [1.82, 2.24) is 19.8 Å². The van der Waals surface area contributed by atoms with Gasteiger partial charge in [0.2, 0.25) is 0 Å². The molecule has 1 aliphatic rings. The van der Waals surface area contributed by atoms with Gasteiger partial charge < -0.3 is 9.64 Å². The zero-order chi connectivity index (χ0) is 21.8. The van der Waals surface area contributed by atoms with Gasteiger partial charge in [-0.2, -0.15) is 5.26 Å². The number of amides is 1. The number of ether oxygens (including phenoxy) is 1. The smallest absolute Gasteiger partial charge is 0.265 e. The highest BCUT2D eigenvalue weighted by molar-refractivity contribution is 7.17.